The molecule has 0 spiro atoms. The monoisotopic (exact) mass is 336 g/mol. The summed E-state index contributed by atoms with van der Waals surface area (Å²) in [5, 5.41) is 9.75. The van der Waals surface area contributed by atoms with Crippen molar-refractivity contribution < 1.29 is 28.6 Å². The SMILES string of the molecule is CO[C@H]1C(O[PH](=O)O)[C@@H]([C@H](C)O)O[C@H]1n1ccc(=O)[nH]c1=O. The van der Waals surface area contributed by atoms with Crippen LogP contribution in [0.5, 0.6) is 0 Å². The van der Waals surface area contributed by atoms with Crippen molar-refractivity contribution in [3.05, 3.63) is 33.1 Å². The molecule has 6 atom stereocenters. The summed E-state index contributed by atoms with van der Waals surface area (Å²) in [7, 11) is -2.00. The van der Waals surface area contributed by atoms with Crippen molar-refractivity contribution >= 4 is 8.25 Å². The van der Waals surface area contributed by atoms with Crippen molar-refractivity contribution in [3.63, 3.8) is 0 Å². The first-order chi connectivity index (χ1) is 10.3. The van der Waals surface area contributed by atoms with Gasteiger partial charge in [0.1, 0.15) is 18.3 Å². The van der Waals surface area contributed by atoms with Gasteiger partial charge in [0.2, 0.25) is 0 Å². The lowest BCUT2D eigenvalue weighted by Gasteiger charge is -2.23. The van der Waals surface area contributed by atoms with Gasteiger partial charge in [-0.15, -0.1) is 0 Å². The summed E-state index contributed by atoms with van der Waals surface area (Å²) >= 11 is 0. The maximum Gasteiger partial charge on any atom is 0.330 e. The van der Waals surface area contributed by atoms with E-state index in [4.69, 9.17) is 18.9 Å². The highest BCUT2D eigenvalue weighted by Crippen LogP contribution is 2.37. The molecular formula is C11H17N2O8P. The molecule has 1 aliphatic rings. The first-order valence-electron chi connectivity index (χ1n) is 6.42. The van der Waals surface area contributed by atoms with Crippen LogP contribution in [0.3, 0.4) is 0 Å². The van der Waals surface area contributed by atoms with Crippen LogP contribution >= 0.6 is 8.25 Å². The zero-order chi connectivity index (χ0) is 16.4. The van der Waals surface area contributed by atoms with Gasteiger partial charge in [-0.2, -0.15) is 0 Å². The van der Waals surface area contributed by atoms with E-state index in [2.05, 4.69) is 4.98 Å². The van der Waals surface area contributed by atoms with Gasteiger partial charge in [0.25, 0.3) is 5.56 Å². The molecule has 0 aromatic carbocycles. The van der Waals surface area contributed by atoms with E-state index in [0.29, 0.717) is 0 Å². The van der Waals surface area contributed by atoms with Gasteiger partial charge in [-0.1, -0.05) is 0 Å². The zero-order valence-electron chi connectivity index (χ0n) is 11.8. The third-order valence-corrected chi connectivity index (χ3v) is 3.81. The molecule has 2 rings (SSSR count). The molecule has 2 heterocycles. The van der Waals surface area contributed by atoms with E-state index in [-0.39, 0.29) is 0 Å². The van der Waals surface area contributed by atoms with Crippen molar-refractivity contribution in [2.24, 2.45) is 0 Å². The van der Waals surface area contributed by atoms with Crippen LogP contribution in [0.4, 0.5) is 0 Å². The Hall–Kier alpha value is -1.29. The highest BCUT2D eigenvalue weighted by Gasteiger charge is 2.49. The Kier molecular flexibility index (Phi) is 5.32. The second kappa shape index (κ2) is 6.86. The molecular weight excluding hydrogens is 319 g/mol. The average Bonchev–Trinajstić information content (AvgIpc) is 2.76. The Balaban J connectivity index is 2.41. The lowest BCUT2D eigenvalue weighted by atomic mass is 10.1. The number of aromatic nitrogens is 2. The quantitative estimate of drug-likeness (QED) is 0.558. The van der Waals surface area contributed by atoms with Crippen molar-refractivity contribution in [2.45, 2.75) is 37.6 Å². The topological polar surface area (TPSA) is 140 Å². The first-order valence-corrected chi connectivity index (χ1v) is 7.69. The number of aromatic amines is 1. The molecule has 1 fully saturated rings. The van der Waals surface area contributed by atoms with E-state index in [0.717, 1.165) is 10.6 Å². The lowest BCUT2D eigenvalue weighted by Crippen LogP contribution is -2.40. The van der Waals surface area contributed by atoms with Crippen LogP contribution < -0.4 is 11.2 Å². The largest absolute Gasteiger partial charge is 0.391 e. The van der Waals surface area contributed by atoms with Gasteiger partial charge in [0.15, 0.2) is 6.23 Å². The number of rotatable bonds is 5. The molecule has 0 radical (unpaired) electrons. The van der Waals surface area contributed by atoms with Crippen molar-refractivity contribution in [1.29, 1.82) is 0 Å². The van der Waals surface area contributed by atoms with E-state index in [1.165, 1.54) is 20.2 Å². The number of aliphatic hydroxyl groups excluding tert-OH is 1. The van der Waals surface area contributed by atoms with E-state index in [9.17, 15) is 19.3 Å². The minimum absolute atomic E-state index is 0.575. The summed E-state index contributed by atoms with van der Waals surface area (Å²) < 4.78 is 27.7. The second-order valence-corrected chi connectivity index (χ2v) is 5.57. The summed E-state index contributed by atoms with van der Waals surface area (Å²) in [6.07, 6.45) is -3.81. The summed E-state index contributed by atoms with van der Waals surface area (Å²) in [5.74, 6) is 0. The molecule has 1 saturated heterocycles. The molecule has 0 saturated carbocycles. The van der Waals surface area contributed by atoms with Gasteiger partial charge in [-0.25, -0.2) is 4.79 Å². The van der Waals surface area contributed by atoms with Crippen LogP contribution in [0.25, 0.3) is 0 Å². The number of nitrogens with zero attached hydrogens (tertiary/aromatic N) is 1. The van der Waals surface area contributed by atoms with Gasteiger partial charge in [0.05, 0.1) is 6.10 Å². The van der Waals surface area contributed by atoms with Crippen molar-refractivity contribution in [1.82, 2.24) is 9.55 Å². The van der Waals surface area contributed by atoms with Gasteiger partial charge in [-0.3, -0.25) is 18.9 Å². The Labute approximate surface area is 125 Å². The number of methoxy groups -OCH3 is 1. The van der Waals surface area contributed by atoms with Crippen LogP contribution in [0, 0.1) is 0 Å². The molecule has 3 N–H and O–H groups in total. The maximum absolute atomic E-state index is 11.9. The van der Waals surface area contributed by atoms with Gasteiger partial charge in [0, 0.05) is 19.4 Å². The number of hydrogen-bond acceptors (Lipinski definition) is 7. The van der Waals surface area contributed by atoms with Crippen molar-refractivity contribution in [2.75, 3.05) is 7.11 Å². The number of aliphatic hydroxyl groups is 1. The Morgan fingerprint density at radius 2 is 2.14 bits per heavy atom. The first kappa shape index (κ1) is 17.1. The fraction of sp³-hybridized carbons (Fsp3) is 0.636. The standard InChI is InChI=1S/C11H17N2O8P/c1-5(14)7-8(21-22(17)18)9(19-2)10(20-7)13-4-3-6(15)12-11(13)16/h3-5,7-10,14,22H,1-2H3,(H,17,18)(H,12,15,16)/t5-,7+,8?,9-,10+/m0/s1. The van der Waals surface area contributed by atoms with Crippen LogP contribution in [0.15, 0.2) is 21.9 Å². The summed E-state index contributed by atoms with van der Waals surface area (Å²) in [6, 6.07) is 1.12. The van der Waals surface area contributed by atoms with Gasteiger partial charge < -0.3 is 24.0 Å². The van der Waals surface area contributed by atoms with Gasteiger partial charge in [-0.05, 0) is 6.92 Å². The van der Waals surface area contributed by atoms with Crippen LogP contribution in [0.1, 0.15) is 13.2 Å². The Bertz CT molecular complexity index is 656. The normalized spacial score (nSPS) is 31.1. The van der Waals surface area contributed by atoms with Crippen LogP contribution in [-0.4, -0.2) is 51.1 Å². The fourth-order valence-corrected chi connectivity index (χ4v) is 2.91. The van der Waals surface area contributed by atoms with Crippen molar-refractivity contribution in [3.8, 4) is 0 Å². The van der Waals surface area contributed by atoms with E-state index in [1.807, 2.05) is 0 Å². The van der Waals surface area contributed by atoms with Gasteiger partial charge >= 0.3 is 13.9 Å². The average molecular weight is 336 g/mol. The minimum atomic E-state index is -3.31. The number of ether oxygens (including phenoxy) is 2. The summed E-state index contributed by atoms with van der Waals surface area (Å²) in [6.45, 7) is 1.42. The summed E-state index contributed by atoms with van der Waals surface area (Å²) in [5.41, 5.74) is -1.31. The minimum Gasteiger partial charge on any atom is -0.391 e. The van der Waals surface area contributed by atoms with E-state index in [1.54, 1.807) is 0 Å². The maximum atomic E-state index is 11.9. The molecule has 124 valence electrons. The van der Waals surface area contributed by atoms with Crippen LogP contribution in [-0.2, 0) is 18.6 Å². The fourth-order valence-electron chi connectivity index (χ4n) is 2.41. The number of nitrogens with one attached hydrogen (secondary N) is 1. The molecule has 11 heteroatoms. The molecule has 1 aromatic rings. The molecule has 0 amide bonds. The molecule has 10 nitrogen and oxygen atoms in total. The number of hydrogen-bond donors (Lipinski definition) is 3. The predicted molar refractivity (Wildman–Crippen MR) is 73.8 cm³/mol. The highest BCUT2D eigenvalue weighted by atomic mass is 31.1. The smallest absolute Gasteiger partial charge is 0.330 e. The third-order valence-electron chi connectivity index (χ3n) is 3.34. The second-order valence-electron chi connectivity index (χ2n) is 4.80. The Morgan fingerprint density at radius 3 is 2.64 bits per heavy atom. The summed E-state index contributed by atoms with van der Waals surface area (Å²) in [4.78, 5) is 34.0. The molecule has 0 bridgehead atoms. The number of H-pyrrole nitrogens is 1. The molecule has 0 aliphatic carbocycles. The molecule has 1 aromatic heterocycles. The highest BCUT2D eigenvalue weighted by molar-refractivity contribution is 7.32. The molecule has 2 unspecified atom stereocenters. The third kappa shape index (κ3) is 3.37. The predicted octanol–water partition coefficient (Wildman–Crippen LogP) is -1.40. The molecule has 22 heavy (non-hydrogen) atoms. The lowest BCUT2D eigenvalue weighted by molar-refractivity contribution is -0.0817. The van der Waals surface area contributed by atoms with E-state index >= 15 is 0 Å². The Morgan fingerprint density at radius 1 is 1.45 bits per heavy atom. The van der Waals surface area contributed by atoms with Crippen LogP contribution in [0.2, 0.25) is 0 Å². The van der Waals surface area contributed by atoms with E-state index < -0.39 is 50.1 Å². The molecule has 1 aliphatic heterocycles. The zero-order valence-corrected chi connectivity index (χ0v) is 12.8.